The van der Waals surface area contributed by atoms with E-state index in [-0.39, 0.29) is 5.82 Å². The van der Waals surface area contributed by atoms with Gasteiger partial charge in [0.05, 0.1) is 16.1 Å². The minimum atomic E-state index is -0.262. The summed E-state index contributed by atoms with van der Waals surface area (Å²) in [6.07, 6.45) is 1.00. The van der Waals surface area contributed by atoms with Crippen LogP contribution in [0.15, 0.2) is 36.4 Å². The van der Waals surface area contributed by atoms with E-state index < -0.39 is 0 Å². The zero-order chi connectivity index (χ0) is 14.1. The molecule has 0 amide bonds. The molecule has 2 heterocycles. The lowest BCUT2D eigenvalue weighted by Gasteiger charge is -2.03. The zero-order valence-corrected chi connectivity index (χ0v) is 11.8. The van der Waals surface area contributed by atoms with Crippen LogP contribution in [0.1, 0.15) is 11.8 Å². The molecule has 102 valence electrons. The summed E-state index contributed by atoms with van der Waals surface area (Å²) in [6, 6.07) is 10.5. The molecule has 0 aliphatic rings. The first-order valence-corrected chi connectivity index (χ1v) is 7.19. The number of rotatable bonds is 3. The predicted molar refractivity (Wildman–Crippen MR) is 81.1 cm³/mol. The van der Waals surface area contributed by atoms with Gasteiger partial charge in [-0.2, -0.15) is 5.10 Å². The van der Waals surface area contributed by atoms with Crippen molar-refractivity contribution in [2.45, 2.75) is 13.3 Å². The highest BCUT2D eigenvalue weighted by atomic mass is 32.1. The Kier molecular flexibility index (Phi) is 3.28. The van der Waals surface area contributed by atoms with Crippen molar-refractivity contribution in [3.8, 4) is 21.7 Å². The van der Waals surface area contributed by atoms with Crippen LogP contribution in [0.3, 0.4) is 0 Å². The van der Waals surface area contributed by atoms with Crippen molar-refractivity contribution < 1.29 is 4.39 Å². The number of hydrogen-bond donors (Lipinski definition) is 2. The fraction of sp³-hybridized carbons (Fsp3) is 0.133. The fourth-order valence-electron chi connectivity index (χ4n) is 2.15. The zero-order valence-electron chi connectivity index (χ0n) is 11.0. The standard InChI is InChI=1S/C15H14FN3S/c1-2-11-7-8-12(20-11)14-13(15(17)19-18-14)9-3-5-10(16)6-4-9/h3-8H,2H2,1H3,(H3,17,18,19). The van der Waals surface area contributed by atoms with Gasteiger partial charge in [-0.05, 0) is 36.2 Å². The Morgan fingerprint density at radius 1 is 1.20 bits per heavy atom. The van der Waals surface area contributed by atoms with Crippen LogP contribution in [-0.2, 0) is 6.42 Å². The number of nitrogens with zero attached hydrogens (tertiary/aromatic N) is 1. The molecule has 0 radical (unpaired) electrons. The summed E-state index contributed by atoms with van der Waals surface area (Å²) in [7, 11) is 0. The van der Waals surface area contributed by atoms with E-state index in [2.05, 4.69) is 29.3 Å². The lowest BCUT2D eigenvalue weighted by atomic mass is 10.0. The van der Waals surface area contributed by atoms with Gasteiger partial charge in [0.15, 0.2) is 5.82 Å². The van der Waals surface area contributed by atoms with E-state index in [1.807, 2.05) is 0 Å². The maximum atomic E-state index is 13.0. The number of aromatic nitrogens is 2. The first kappa shape index (κ1) is 12.9. The molecule has 3 rings (SSSR count). The van der Waals surface area contributed by atoms with Gasteiger partial charge in [0, 0.05) is 4.88 Å². The molecular formula is C15H14FN3S. The third-order valence-electron chi connectivity index (χ3n) is 3.18. The summed E-state index contributed by atoms with van der Waals surface area (Å²) in [5, 5.41) is 7.08. The number of benzene rings is 1. The molecule has 0 bridgehead atoms. The Hall–Kier alpha value is -2.14. The lowest BCUT2D eigenvalue weighted by molar-refractivity contribution is 0.628. The Bertz CT molecular complexity index is 728. The second-order valence-electron chi connectivity index (χ2n) is 4.49. The first-order valence-electron chi connectivity index (χ1n) is 6.38. The van der Waals surface area contributed by atoms with E-state index in [1.54, 1.807) is 23.5 Å². The molecule has 3 nitrogen and oxygen atoms in total. The molecule has 3 N–H and O–H groups in total. The molecular weight excluding hydrogens is 273 g/mol. The molecule has 0 atom stereocenters. The van der Waals surface area contributed by atoms with Crippen molar-refractivity contribution >= 4 is 17.2 Å². The molecule has 0 unspecified atom stereocenters. The van der Waals surface area contributed by atoms with Crippen molar-refractivity contribution in [1.29, 1.82) is 0 Å². The minimum Gasteiger partial charge on any atom is -0.382 e. The molecule has 2 aromatic heterocycles. The van der Waals surface area contributed by atoms with Gasteiger partial charge in [-0.25, -0.2) is 4.39 Å². The van der Waals surface area contributed by atoms with E-state index in [0.717, 1.165) is 28.1 Å². The highest BCUT2D eigenvalue weighted by Gasteiger charge is 2.16. The summed E-state index contributed by atoms with van der Waals surface area (Å²) in [5.41, 5.74) is 8.53. The van der Waals surface area contributed by atoms with Crippen molar-refractivity contribution in [3.63, 3.8) is 0 Å². The third-order valence-corrected chi connectivity index (χ3v) is 4.43. The summed E-state index contributed by atoms with van der Waals surface area (Å²) in [5.74, 6) is 0.166. The molecule has 1 aromatic carbocycles. The minimum absolute atomic E-state index is 0.262. The van der Waals surface area contributed by atoms with Gasteiger partial charge in [0.1, 0.15) is 5.82 Å². The molecule has 0 saturated carbocycles. The number of aromatic amines is 1. The van der Waals surface area contributed by atoms with Gasteiger partial charge < -0.3 is 5.73 Å². The number of hydrogen-bond acceptors (Lipinski definition) is 3. The highest BCUT2D eigenvalue weighted by molar-refractivity contribution is 7.15. The molecule has 5 heteroatoms. The summed E-state index contributed by atoms with van der Waals surface area (Å²) in [6.45, 7) is 2.12. The van der Waals surface area contributed by atoms with E-state index >= 15 is 0 Å². The molecule has 20 heavy (non-hydrogen) atoms. The number of halogens is 1. The second-order valence-corrected chi connectivity index (χ2v) is 5.65. The maximum Gasteiger partial charge on any atom is 0.153 e. The topological polar surface area (TPSA) is 54.7 Å². The number of anilines is 1. The third kappa shape index (κ3) is 2.20. The van der Waals surface area contributed by atoms with Gasteiger partial charge >= 0.3 is 0 Å². The van der Waals surface area contributed by atoms with Crippen molar-refractivity contribution in [1.82, 2.24) is 10.2 Å². The SMILES string of the molecule is CCc1ccc(-c2[nH]nc(N)c2-c2ccc(F)cc2)s1. The Labute approximate surface area is 120 Å². The van der Waals surface area contributed by atoms with Crippen LogP contribution >= 0.6 is 11.3 Å². The Morgan fingerprint density at radius 3 is 2.60 bits per heavy atom. The van der Waals surface area contributed by atoms with Gasteiger partial charge in [0.2, 0.25) is 0 Å². The lowest BCUT2D eigenvalue weighted by Crippen LogP contribution is -1.88. The number of nitrogens with one attached hydrogen (secondary N) is 1. The predicted octanol–water partition coefficient (Wildman–Crippen LogP) is 4.09. The Morgan fingerprint density at radius 2 is 1.95 bits per heavy atom. The summed E-state index contributed by atoms with van der Waals surface area (Å²) in [4.78, 5) is 2.39. The molecule has 3 aromatic rings. The molecule has 0 fully saturated rings. The smallest absolute Gasteiger partial charge is 0.153 e. The summed E-state index contributed by atoms with van der Waals surface area (Å²) < 4.78 is 13.0. The average molecular weight is 287 g/mol. The van der Waals surface area contributed by atoms with Crippen molar-refractivity contribution in [2.24, 2.45) is 0 Å². The van der Waals surface area contributed by atoms with Crippen LogP contribution in [0.2, 0.25) is 0 Å². The largest absolute Gasteiger partial charge is 0.382 e. The molecule has 0 spiro atoms. The number of nitrogens with two attached hydrogens (primary N) is 1. The maximum absolute atomic E-state index is 13.0. The van der Waals surface area contributed by atoms with Crippen molar-refractivity contribution in [2.75, 3.05) is 5.73 Å². The van der Waals surface area contributed by atoms with Crippen LogP contribution in [-0.4, -0.2) is 10.2 Å². The molecule has 0 saturated heterocycles. The average Bonchev–Trinajstić information content (AvgIpc) is 3.06. The number of aryl methyl sites for hydroxylation is 1. The number of H-pyrrole nitrogens is 1. The Balaban J connectivity index is 2.11. The van der Waals surface area contributed by atoms with Crippen molar-refractivity contribution in [3.05, 3.63) is 47.1 Å². The normalized spacial score (nSPS) is 10.9. The fourth-order valence-corrected chi connectivity index (χ4v) is 3.09. The van der Waals surface area contributed by atoms with Crippen LogP contribution in [0.25, 0.3) is 21.7 Å². The van der Waals surface area contributed by atoms with E-state index in [1.165, 1.54) is 17.0 Å². The van der Waals surface area contributed by atoms with Gasteiger partial charge in [-0.15, -0.1) is 11.3 Å². The van der Waals surface area contributed by atoms with Crippen LogP contribution in [0, 0.1) is 5.82 Å². The second kappa shape index (κ2) is 5.09. The van der Waals surface area contributed by atoms with Gasteiger partial charge in [-0.1, -0.05) is 19.1 Å². The number of nitrogen functional groups attached to an aromatic ring is 1. The monoisotopic (exact) mass is 287 g/mol. The highest BCUT2D eigenvalue weighted by Crippen LogP contribution is 2.37. The first-order chi connectivity index (χ1) is 9.69. The van der Waals surface area contributed by atoms with E-state index in [4.69, 9.17) is 5.73 Å². The number of thiophene rings is 1. The molecule has 0 aliphatic carbocycles. The quantitative estimate of drug-likeness (QED) is 0.762. The molecule has 0 aliphatic heterocycles. The van der Waals surface area contributed by atoms with Crippen LogP contribution in [0.4, 0.5) is 10.2 Å². The van der Waals surface area contributed by atoms with Gasteiger partial charge in [0.25, 0.3) is 0 Å². The van der Waals surface area contributed by atoms with Crippen LogP contribution < -0.4 is 5.73 Å². The summed E-state index contributed by atoms with van der Waals surface area (Å²) >= 11 is 1.71. The van der Waals surface area contributed by atoms with Crippen LogP contribution in [0.5, 0.6) is 0 Å². The van der Waals surface area contributed by atoms with E-state index in [0.29, 0.717) is 5.82 Å². The van der Waals surface area contributed by atoms with Gasteiger partial charge in [-0.3, -0.25) is 5.10 Å². The van der Waals surface area contributed by atoms with E-state index in [9.17, 15) is 4.39 Å².